The minimum Gasteiger partial charge on any atom is -0.396 e. The molecule has 7 atom stereocenters. The summed E-state index contributed by atoms with van der Waals surface area (Å²) in [6.45, 7) is 8.84. The lowest BCUT2D eigenvalue weighted by Gasteiger charge is -2.64. The molecular formula is C20H30O3. The highest BCUT2D eigenvalue weighted by Gasteiger charge is 2.70. The van der Waals surface area contributed by atoms with Crippen LogP contribution in [0.4, 0.5) is 0 Å². The maximum atomic E-state index is 13.1. The Morgan fingerprint density at radius 1 is 1.13 bits per heavy atom. The monoisotopic (exact) mass is 318 g/mol. The molecular weight excluding hydrogens is 288 g/mol. The van der Waals surface area contributed by atoms with Crippen molar-refractivity contribution in [1.29, 1.82) is 0 Å². The second-order valence-corrected chi connectivity index (χ2v) is 9.34. The van der Waals surface area contributed by atoms with Gasteiger partial charge in [0.15, 0.2) is 5.78 Å². The number of carbonyl (C=O) groups excluding carboxylic acids is 1. The quantitative estimate of drug-likeness (QED) is 0.731. The molecule has 4 fully saturated rings. The molecule has 0 aromatic heterocycles. The van der Waals surface area contributed by atoms with Gasteiger partial charge in [-0.3, -0.25) is 4.79 Å². The maximum absolute atomic E-state index is 13.1. The number of fused-ring (bicyclic) bond motifs is 3. The zero-order chi connectivity index (χ0) is 16.6. The van der Waals surface area contributed by atoms with Crippen LogP contribution in [0.1, 0.15) is 58.8 Å². The van der Waals surface area contributed by atoms with Gasteiger partial charge in [0.2, 0.25) is 0 Å². The second kappa shape index (κ2) is 4.70. The Balaban J connectivity index is 1.81. The van der Waals surface area contributed by atoms with E-state index in [-0.39, 0.29) is 35.1 Å². The van der Waals surface area contributed by atoms with Crippen LogP contribution in [0.3, 0.4) is 0 Å². The molecule has 0 radical (unpaired) electrons. The number of aliphatic hydroxyl groups excluding tert-OH is 2. The third-order valence-electron chi connectivity index (χ3n) is 8.56. The zero-order valence-corrected chi connectivity index (χ0v) is 14.5. The number of ketones is 1. The number of hydrogen-bond acceptors (Lipinski definition) is 3. The first-order chi connectivity index (χ1) is 10.8. The Morgan fingerprint density at radius 3 is 2.57 bits per heavy atom. The van der Waals surface area contributed by atoms with E-state index in [1.54, 1.807) is 0 Å². The molecule has 1 spiro atoms. The molecule has 0 aromatic carbocycles. The Hall–Kier alpha value is -0.670. The van der Waals surface area contributed by atoms with Crippen molar-refractivity contribution in [1.82, 2.24) is 0 Å². The highest BCUT2D eigenvalue weighted by atomic mass is 16.3. The fourth-order valence-electron chi connectivity index (χ4n) is 7.49. The normalized spacial score (nSPS) is 55.5. The van der Waals surface area contributed by atoms with Crippen LogP contribution in [0.5, 0.6) is 0 Å². The summed E-state index contributed by atoms with van der Waals surface area (Å²) in [5.41, 5.74) is 0.136. The molecule has 3 nitrogen and oxygen atoms in total. The van der Waals surface area contributed by atoms with Crippen molar-refractivity contribution in [3.05, 3.63) is 12.2 Å². The van der Waals surface area contributed by atoms with Gasteiger partial charge in [-0.25, -0.2) is 0 Å². The molecule has 0 aliphatic heterocycles. The third kappa shape index (κ3) is 1.66. The molecule has 128 valence electrons. The summed E-state index contributed by atoms with van der Waals surface area (Å²) in [4.78, 5) is 13.1. The predicted octanol–water partition coefficient (Wildman–Crippen LogP) is 3.10. The van der Waals surface area contributed by atoms with Gasteiger partial charge in [-0.05, 0) is 66.8 Å². The Labute approximate surface area is 139 Å². The fourth-order valence-corrected chi connectivity index (χ4v) is 7.49. The van der Waals surface area contributed by atoms with E-state index in [1.807, 2.05) is 0 Å². The molecule has 4 saturated carbocycles. The SMILES string of the molecule is C=C1C(=O)C23CCC4C(C)(CO)CCCC4(C)C2CCC1C3O. The molecule has 2 N–H and O–H groups in total. The van der Waals surface area contributed by atoms with Crippen molar-refractivity contribution in [2.45, 2.75) is 64.9 Å². The highest BCUT2D eigenvalue weighted by molar-refractivity contribution is 6.04. The van der Waals surface area contributed by atoms with Crippen LogP contribution in [0, 0.1) is 34.0 Å². The minimum atomic E-state index is -0.570. The molecule has 23 heavy (non-hydrogen) atoms. The smallest absolute Gasteiger partial charge is 0.167 e. The summed E-state index contributed by atoms with van der Waals surface area (Å²) in [7, 11) is 0. The fraction of sp³-hybridized carbons (Fsp3) is 0.850. The molecule has 3 heteroatoms. The lowest BCUT2D eigenvalue weighted by molar-refractivity contribution is -0.192. The highest BCUT2D eigenvalue weighted by Crippen LogP contribution is 2.70. The van der Waals surface area contributed by atoms with Crippen molar-refractivity contribution >= 4 is 5.78 Å². The van der Waals surface area contributed by atoms with Crippen molar-refractivity contribution < 1.29 is 15.0 Å². The van der Waals surface area contributed by atoms with E-state index < -0.39 is 11.5 Å². The van der Waals surface area contributed by atoms with Crippen molar-refractivity contribution in [2.75, 3.05) is 6.61 Å². The van der Waals surface area contributed by atoms with Gasteiger partial charge >= 0.3 is 0 Å². The average Bonchev–Trinajstić information content (AvgIpc) is 2.63. The molecule has 4 aliphatic rings. The summed E-state index contributed by atoms with van der Waals surface area (Å²) < 4.78 is 0. The summed E-state index contributed by atoms with van der Waals surface area (Å²) in [6, 6.07) is 0. The molecule has 0 heterocycles. The molecule has 0 aromatic rings. The van der Waals surface area contributed by atoms with Crippen LogP contribution in [0.2, 0.25) is 0 Å². The summed E-state index contributed by atoms with van der Waals surface area (Å²) >= 11 is 0. The summed E-state index contributed by atoms with van der Waals surface area (Å²) in [5, 5.41) is 21.0. The van der Waals surface area contributed by atoms with Crippen molar-refractivity contribution in [3.63, 3.8) is 0 Å². The number of rotatable bonds is 1. The average molecular weight is 318 g/mol. The first-order valence-corrected chi connectivity index (χ1v) is 9.34. The van der Waals surface area contributed by atoms with Crippen LogP contribution < -0.4 is 0 Å². The standard InChI is InChI=1S/C20H30O3/c1-12-13-5-6-15-19(3)9-4-8-18(2,11-21)14(19)7-10-20(15,16(12)22)17(13)23/h13-15,17,21,23H,1,4-11H2,2-3H3. The third-order valence-corrected chi connectivity index (χ3v) is 8.56. The first-order valence-electron chi connectivity index (χ1n) is 9.34. The molecule has 0 amide bonds. The van der Waals surface area contributed by atoms with E-state index in [9.17, 15) is 15.0 Å². The summed E-state index contributed by atoms with van der Waals surface area (Å²) in [6.07, 6.45) is 6.45. The molecule has 2 bridgehead atoms. The lowest BCUT2D eigenvalue weighted by Crippen LogP contribution is -2.62. The van der Waals surface area contributed by atoms with Crippen LogP contribution in [-0.2, 0) is 4.79 Å². The molecule has 4 aliphatic carbocycles. The van der Waals surface area contributed by atoms with Crippen LogP contribution in [0.25, 0.3) is 0 Å². The minimum absolute atomic E-state index is 0.00767. The van der Waals surface area contributed by atoms with Crippen LogP contribution in [-0.4, -0.2) is 28.7 Å². The number of carbonyl (C=O) groups is 1. The molecule has 7 unspecified atom stereocenters. The van der Waals surface area contributed by atoms with E-state index in [2.05, 4.69) is 20.4 Å². The van der Waals surface area contributed by atoms with Gasteiger partial charge in [0.05, 0.1) is 11.5 Å². The lowest BCUT2D eigenvalue weighted by atomic mass is 9.40. The van der Waals surface area contributed by atoms with E-state index in [4.69, 9.17) is 0 Å². The number of hydrogen-bond donors (Lipinski definition) is 2. The Bertz CT molecular complexity index is 569. The van der Waals surface area contributed by atoms with Gasteiger partial charge < -0.3 is 10.2 Å². The van der Waals surface area contributed by atoms with E-state index in [0.29, 0.717) is 11.5 Å². The van der Waals surface area contributed by atoms with E-state index in [1.165, 1.54) is 0 Å². The number of Topliss-reactive ketones (excluding diaryl/α,β-unsaturated/α-hetero) is 1. The second-order valence-electron chi connectivity index (χ2n) is 9.34. The predicted molar refractivity (Wildman–Crippen MR) is 88.7 cm³/mol. The maximum Gasteiger partial charge on any atom is 0.167 e. The molecule has 0 saturated heterocycles. The largest absolute Gasteiger partial charge is 0.396 e. The van der Waals surface area contributed by atoms with Gasteiger partial charge in [0.25, 0.3) is 0 Å². The van der Waals surface area contributed by atoms with Gasteiger partial charge in [-0.1, -0.05) is 26.8 Å². The zero-order valence-electron chi connectivity index (χ0n) is 14.5. The first kappa shape index (κ1) is 15.8. The van der Waals surface area contributed by atoms with Crippen LogP contribution >= 0.6 is 0 Å². The Morgan fingerprint density at radius 2 is 1.87 bits per heavy atom. The van der Waals surface area contributed by atoms with Gasteiger partial charge in [0, 0.05) is 12.5 Å². The van der Waals surface area contributed by atoms with E-state index >= 15 is 0 Å². The Kier molecular flexibility index (Phi) is 3.23. The van der Waals surface area contributed by atoms with Gasteiger partial charge in [0.1, 0.15) is 0 Å². The van der Waals surface area contributed by atoms with Crippen molar-refractivity contribution in [3.8, 4) is 0 Å². The summed E-state index contributed by atoms with van der Waals surface area (Å²) in [5.74, 6) is 0.855. The van der Waals surface area contributed by atoms with Crippen molar-refractivity contribution in [2.24, 2.45) is 34.0 Å². The van der Waals surface area contributed by atoms with Crippen LogP contribution in [0.15, 0.2) is 12.2 Å². The van der Waals surface area contributed by atoms with Gasteiger partial charge in [-0.2, -0.15) is 0 Å². The van der Waals surface area contributed by atoms with Gasteiger partial charge in [-0.15, -0.1) is 0 Å². The topological polar surface area (TPSA) is 57.5 Å². The molecule has 4 rings (SSSR count). The van der Waals surface area contributed by atoms with E-state index in [0.717, 1.165) is 44.9 Å². The number of aliphatic hydroxyl groups is 2.